The van der Waals surface area contributed by atoms with Crippen molar-refractivity contribution in [1.82, 2.24) is 20.0 Å². The number of benzene rings is 1. The second-order valence-electron chi connectivity index (χ2n) is 8.53. The molecule has 7 heteroatoms. The Morgan fingerprint density at radius 2 is 1.80 bits per heavy atom. The van der Waals surface area contributed by atoms with Gasteiger partial charge in [-0.3, -0.25) is 9.48 Å². The van der Waals surface area contributed by atoms with Crippen molar-refractivity contribution in [2.75, 3.05) is 18.4 Å². The van der Waals surface area contributed by atoms with Crippen molar-refractivity contribution < 1.29 is 9.59 Å². The largest absolute Gasteiger partial charge is 0.353 e. The Bertz CT molecular complexity index is 867. The molecule has 0 radical (unpaired) electrons. The van der Waals surface area contributed by atoms with Crippen LogP contribution < -0.4 is 10.6 Å². The molecule has 0 unspecified atom stereocenters. The molecule has 0 spiro atoms. The number of carbonyl (C=O) groups excluding carboxylic acids is 2. The van der Waals surface area contributed by atoms with E-state index in [1.807, 2.05) is 48.9 Å². The summed E-state index contributed by atoms with van der Waals surface area (Å²) in [4.78, 5) is 26.8. The van der Waals surface area contributed by atoms with Gasteiger partial charge in [-0.25, -0.2) is 4.79 Å². The van der Waals surface area contributed by atoms with E-state index in [0.717, 1.165) is 42.0 Å². The molecule has 1 aromatic heterocycles. The summed E-state index contributed by atoms with van der Waals surface area (Å²) in [6.07, 6.45) is 1.88. The minimum atomic E-state index is -0.0882. The minimum Gasteiger partial charge on any atom is -0.353 e. The van der Waals surface area contributed by atoms with E-state index in [1.165, 1.54) is 0 Å². The fourth-order valence-corrected chi connectivity index (χ4v) is 3.90. The first-order chi connectivity index (χ1) is 14.3. The molecule has 0 saturated carbocycles. The molecule has 0 aliphatic carbocycles. The van der Waals surface area contributed by atoms with E-state index >= 15 is 0 Å². The van der Waals surface area contributed by atoms with Crippen LogP contribution in [0.4, 0.5) is 10.5 Å². The minimum absolute atomic E-state index is 0.0254. The molecule has 1 aromatic carbocycles. The highest BCUT2D eigenvalue weighted by Gasteiger charge is 2.24. The molecule has 2 N–H and O–H groups in total. The number of hydrogen-bond donors (Lipinski definition) is 2. The third-order valence-corrected chi connectivity index (χ3v) is 5.58. The number of nitrogens with one attached hydrogen (secondary N) is 2. The zero-order chi connectivity index (χ0) is 21.7. The van der Waals surface area contributed by atoms with Gasteiger partial charge in [0, 0.05) is 42.6 Å². The number of amides is 3. The summed E-state index contributed by atoms with van der Waals surface area (Å²) in [7, 11) is 0. The molecule has 1 aliphatic rings. The summed E-state index contributed by atoms with van der Waals surface area (Å²) in [5.41, 5.74) is 3.81. The molecular formula is C23H33N5O2. The lowest BCUT2D eigenvalue weighted by atomic mass is 10.0. The van der Waals surface area contributed by atoms with Crippen LogP contribution in [0, 0.1) is 19.8 Å². The number of aromatic nitrogens is 2. The van der Waals surface area contributed by atoms with E-state index in [-0.39, 0.29) is 18.0 Å². The first kappa shape index (κ1) is 21.9. The number of carbonyl (C=O) groups is 2. The predicted octanol–water partition coefficient (Wildman–Crippen LogP) is 3.51. The summed E-state index contributed by atoms with van der Waals surface area (Å²) in [6.45, 7) is 10.5. The Morgan fingerprint density at radius 1 is 1.13 bits per heavy atom. The van der Waals surface area contributed by atoms with Crippen LogP contribution in [-0.4, -0.2) is 45.8 Å². The maximum absolute atomic E-state index is 12.6. The molecule has 7 nitrogen and oxygen atoms in total. The predicted molar refractivity (Wildman–Crippen MR) is 118 cm³/mol. The van der Waals surface area contributed by atoms with Gasteiger partial charge < -0.3 is 15.5 Å². The zero-order valence-corrected chi connectivity index (χ0v) is 18.4. The van der Waals surface area contributed by atoms with Gasteiger partial charge in [-0.05, 0) is 44.7 Å². The molecule has 3 rings (SSSR count). The average molecular weight is 412 g/mol. The van der Waals surface area contributed by atoms with Crippen LogP contribution in [0.5, 0.6) is 0 Å². The number of piperidine rings is 1. The van der Waals surface area contributed by atoms with Crippen LogP contribution in [0.25, 0.3) is 0 Å². The first-order valence-electron chi connectivity index (χ1n) is 10.8. The van der Waals surface area contributed by atoms with Crippen LogP contribution in [0.1, 0.15) is 43.6 Å². The monoisotopic (exact) mass is 411 g/mol. The molecule has 3 amide bonds. The highest BCUT2D eigenvalue weighted by Crippen LogP contribution is 2.17. The van der Waals surface area contributed by atoms with Crippen molar-refractivity contribution in [1.29, 1.82) is 0 Å². The third kappa shape index (κ3) is 5.62. The van der Waals surface area contributed by atoms with Crippen molar-refractivity contribution in [2.24, 2.45) is 5.92 Å². The number of anilines is 1. The average Bonchev–Trinajstić information content (AvgIpc) is 2.96. The van der Waals surface area contributed by atoms with Gasteiger partial charge in [0.05, 0.1) is 12.1 Å². The Balaban J connectivity index is 1.47. The van der Waals surface area contributed by atoms with E-state index in [1.54, 1.807) is 4.90 Å². The summed E-state index contributed by atoms with van der Waals surface area (Å²) in [5, 5.41) is 10.7. The normalized spacial score (nSPS) is 14.8. The summed E-state index contributed by atoms with van der Waals surface area (Å²) in [5.74, 6) is 0.534. The van der Waals surface area contributed by atoms with Gasteiger partial charge in [0.15, 0.2) is 0 Å². The fraction of sp³-hybridized carbons (Fsp3) is 0.522. The van der Waals surface area contributed by atoms with Gasteiger partial charge in [0.2, 0.25) is 5.91 Å². The van der Waals surface area contributed by atoms with Crippen LogP contribution in [0.15, 0.2) is 30.3 Å². The molecule has 0 atom stereocenters. The van der Waals surface area contributed by atoms with Gasteiger partial charge in [-0.2, -0.15) is 5.10 Å². The van der Waals surface area contributed by atoms with Gasteiger partial charge >= 0.3 is 6.03 Å². The number of hydrogen-bond acceptors (Lipinski definition) is 3. The molecule has 1 saturated heterocycles. The van der Waals surface area contributed by atoms with Crippen molar-refractivity contribution in [3.63, 3.8) is 0 Å². The molecule has 1 aliphatic heterocycles. The molecule has 1 fully saturated rings. The summed E-state index contributed by atoms with van der Waals surface area (Å²) >= 11 is 0. The van der Waals surface area contributed by atoms with E-state index < -0.39 is 0 Å². The van der Waals surface area contributed by atoms with Gasteiger partial charge in [-0.1, -0.05) is 32.0 Å². The molecule has 162 valence electrons. The molecule has 30 heavy (non-hydrogen) atoms. The Hall–Kier alpha value is -2.83. The van der Waals surface area contributed by atoms with E-state index in [4.69, 9.17) is 0 Å². The lowest BCUT2D eigenvalue weighted by Crippen LogP contribution is -2.48. The Morgan fingerprint density at radius 3 is 2.43 bits per heavy atom. The van der Waals surface area contributed by atoms with Crippen molar-refractivity contribution in [2.45, 2.75) is 59.5 Å². The highest BCUT2D eigenvalue weighted by molar-refractivity contribution is 5.89. The van der Waals surface area contributed by atoms with Gasteiger partial charge in [0.1, 0.15) is 0 Å². The number of likely N-dealkylation sites (tertiary alicyclic amines) is 1. The topological polar surface area (TPSA) is 79.3 Å². The lowest BCUT2D eigenvalue weighted by Gasteiger charge is -2.32. The molecular weight excluding hydrogens is 378 g/mol. The van der Waals surface area contributed by atoms with Crippen molar-refractivity contribution >= 4 is 17.6 Å². The number of rotatable bonds is 6. The molecule has 2 aromatic rings. The first-order valence-corrected chi connectivity index (χ1v) is 10.8. The number of para-hydroxylation sites is 1. The standard InChI is InChI=1S/C23H33N5O2/c1-16(2)15-28-18(4)21(17(3)26-28)14-22(29)24-20-10-12-27(13-11-20)23(30)25-19-8-6-5-7-9-19/h5-9,16,20H,10-15H2,1-4H3,(H,24,29)(H,25,30). The zero-order valence-electron chi connectivity index (χ0n) is 18.4. The van der Waals surface area contributed by atoms with Crippen LogP contribution >= 0.6 is 0 Å². The maximum atomic E-state index is 12.6. The van der Waals surface area contributed by atoms with Crippen molar-refractivity contribution in [3.8, 4) is 0 Å². The Labute approximate surface area is 178 Å². The molecule has 0 bridgehead atoms. The number of aryl methyl sites for hydroxylation is 1. The van der Waals surface area contributed by atoms with Crippen LogP contribution in [0.3, 0.4) is 0 Å². The summed E-state index contributed by atoms with van der Waals surface area (Å²) < 4.78 is 2.01. The molecule has 2 heterocycles. The lowest BCUT2D eigenvalue weighted by molar-refractivity contribution is -0.121. The van der Waals surface area contributed by atoms with Crippen LogP contribution in [0.2, 0.25) is 0 Å². The smallest absolute Gasteiger partial charge is 0.321 e. The van der Waals surface area contributed by atoms with E-state index in [9.17, 15) is 9.59 Å². The second-order valence-corrected chi connectivity index (χ2v) is 8.53. The van der Waals surface area contributed by atoms with Gasteiger partial charge in [-0.15, -0.1) is 0 Å². The maximum Gasteiger partial charge on any atom is 0.321 e. The third-order valence-electron chi connectivity index (χ3n) is 5.58. The highest BCUT2D eigenvalue weighted by atomic mass is 16.2. The Kier molecular flexibility index (Phi) is 7.13. The summed E-state index contributed by atoms with van der Waals surface area (Å²) in [6, 6.07) is 9.47. The quantitative estimate of drug-likeness (QED) is 0.763. The number of urea groups is 1. The van der Waals surface area contributed by atoms with Crippen molar-refractivity contribution in [3.05, 3.63) is 47.3 Å². The fourth-order valence-electron chi connectivity index (χ4n) is 3.90. The van der Waals surface area contributed by atoms with Crippen LogP contribution in [-0.2, 0) is 17.8 Å². The second kappa shape index (κ2) is 9.78. The van der Waals surface area contributed by atoms with E-state index in [2.05, 4.69) is 29.6 Å². The number of nitrogens with zero attached hydrogens (tertiary/aromatic N) is 3. The SMILES string of the molecule is Cc1nn(CC(C)C)c(C)c1CC(=O)NC1CCN(C(=O)Nc2ccccc2)CC1. The van der Waals surface area contributed by atoms with E-state index in [0.29, 0.717) is 25.4 Å². The van der Waals surface area contributed by atoms with Gasteiger partial charge in [0.25, 0.3) is 0 Å².